The lowest BCUT2D eigenvalue weighted by molar-refractivity contribution is 0.251. The number of urea groups is 1. The summed E-state index contributed by atoms with van der Waals surface area (Å²) >= 11 is 0. The molecular formula is C15H13N3O2. The molecule has 0 unspecified atom stereocenters. The molecule has 0 aliphatic rings. The van der Waals surface area contributed by atoms with Crippen LogP contribution in [0, 0.1) is 11.3 Å². The van der Waals surface area contributed by atoms with E-state index < -0.39 is 0 Å². The van der Waals surface area contributed by atoms with Crippen LogP contribution in [0.4, 0.5) is 10.5 Å². The van der Waals surface area contributed by atoms with Crippen molar-refractivity contribution in [3.8, 4) is 11.8 Å². The normalized spacial score (nSPS) is 9.55. The van der Waals surface area contributed by atoms with Crippen molar-refractivity contribution in [2.45, 2.75) is 6.54 Å². The molecule has 20 heavy (non-hydrogen) atoms. The monoisotopic (exact) mass is 267 g/mol. The quantitative estimate of drug-likeness (QED) is 0.799. The van der Waals surface area contributed by atoms with Gasteiger partial charge in [0.2, 0.25) is 0 Å². The Morgan fingerprint density at radius 2 is 1.85 bits per heavy atom. The summed E-state index contributed by atoms with van der Waals surface area (Å²) in [4.78, 5) is 11.7. The minimum Gasteiger partial charge on any atom is -0.508 e. The predicted molar refractivity (Wildman–Crippen MR) is 75.1 cm³/mol. The van der Waals surface area contributed by atoms with Gasteiger partial charge in [-0.15, -0.1) is 0 Å². The molecule has 0 fully saturated rings. The summed E-state index contributed by atoms with van der Waals surface area (Å²) in [5.74, 6) is 0.145. The average molecular weight is 267 g/mol. The minimum absolute atomic E-state index is 0.145. The van der Waals surface area contributed by atoms with Gasteiger partial charge in [-0.2, -0.15) is 5.26 Å². The van der Waals surface area contributed by atoms with Gasteiger partial charge in [0.05, 0.1) is 11.6 Å². The number of nitrogens with zero attached hydrogens (tertiary/aromatic N) is 1. The van der Waals surface area contributed by atoms with Gasteiger partial charge < -0.3 is 15.7 Å². The summed E-state index contributed by atoms with van der Waals surface area (Å²) in [7, 11) is 0. The van der Waals surface area contributed by atoms with E-state index in [2.05, 4.69) is 10.6 Å². The maximum atomic E-state index is 11.7. The molecule has 0 saturated carbocycles. The van der Waals surface area contributed by atoms with Gasteiger partial charge in [0.1, 0.15) is 5.75 Å². The second-order valence-electron chi connectivity index (χ2n) is 4.13. The smallest absolute Gasteiger partial charge is 0.319 e. The Bertz CT molecular complexity index is 645. The fourth-order valence-electron chi connectivity index (χ4n) is 1.64. The van der Waals surface area contributed by atoms with Crippen molar-refractivity contribution in [3.05, 3.63) is 59.7 Å². The van der Waals surface area contributed by atoms with E-state index >= 15 is 0 Å². The summed E-state index contributed by atoms with van der Waals surface area (Å²) in [6.07, 6.45) is 0. The molecule has 2 aromatic carbocycles. The van der Waals surface area contributed by atoms with Crippen molar-refractivity contribution >= 4 is 11.7 Å². The number of anilines is 1. The van der Waals surface area contributed by atoms with Crippen molar-refractivity contribution in [1.82, 2.24) is 5.32 Å². The molecule has 0 heterocycles. The van der Waals surface area contributed by atoms with E-state index in [1.54, 1.807) is 48.5 Å². The third kappa shape index (κ3) is 3.50. The molecule has 0 aromatic heterocycles. The van der Waals surface area contributed by atoms with Gasteiger partial charge in [-0.3, -0.25) is 0 Å². The highest BCUT2D eigenvalue weighted by Crippen LogP contribution is 2.15. The van der Waals surface area contributed by atoms with Gasteiger partial charge in [-0.25, -0.2) is 4.79 Å². The predicted octanol–water partition coefficient (Wildman–Crippen LogP) is 2.59. The van der Waals surface area contributed by atoms with Crippen LogP contribution in [0.15, 0.2) is 48.5 Å². The Morgan fingerprint density at radius 1 is 1.15 bits per heavy atom. The highest BCUT2D eigenvalue weighted by molar-refractivity contribution is 5.89. The molecule has 5 heteroatoms. The van der Waals surface area contributed by atoms with Gasteiger partial charge >= 0.3 is 6.03 Å². The number of hydrogen-bond acceptors (Lipinski definition) is 3. The van der Waals surface area contributed by atoms with E-state index in [0.29, 0.717) is 16.8 Å². The van der Waals surface area contributed by atoms with Gasteiger partial charge in [0.15, 0.2) is 0 Å². The van der Waals surface area contributed by atoms with Crippen molar-refractivity contribution in [3.63, 3.8) is 0 Å². The summed E-state index contributed by atoms with van der Waals surface area (Å²) in [6, 6.07) is 15.0. The Morgan fingerprint density at radius 3 is 2.50 bits per heavy atom. The summed E-state index contributed by atoms with van der Waals surface area (Å²) in [5, 5.41) is 23.5. The van der Waals surface area contributed by atoms with E-state index in [1.165, 1.54) is 0 Å². The molecule has 0 bridgehead atoms. The van der Waals surface area contributed by atoms with Gasteiger partial charge in [0, 0.05) is 17.8 Å². The number of para-hydroxylation sites is 1. The number of nitriles is 1. The maximum Gasteiger partial charge on any atom is 0.319 e. The number of nitrogens with one attached hydrogen (secondary N) is 2. The van der Waals surface area contributed by atoms with E-state index in [0.717, 1.165) is 0 Å². The number of phenols is 1. The Balaban J connectivity index is 1.89. The first kappa shape index (κ1) is 13.4. The fourth-order valence-corrected chi connectivity index (χ4v) is 1.64. The number of amides is 2. The largest absolute Gasteiger partial charge is 0.508 e. The van der Waals surface area contributed by atoms with Crippen molar-refractivity contribution in [2.75, 3.05) is 5.32 Å². The number of aromatic hydroxyl groups is 1. The van der Waals surface area contributed by atoms with Crippen molar-refractivity contribution in [2.24, 2.45) is 0 Å². The zero-order valence-electron chi connectivity index (χ0n) is 10.6. The van der Waals surface area contributed by atoms with Crippen LogP contribution in [-0.4, -0.2) is 11.1 Å². The third-order valence-corrected chi connectivity index (χ3v) is 2.70. The second-order valence-corrected chi connectivity index (χ2v) is 4.13. The standard InChI is InChI=1S/C15H13N3O2/c16-9-11-5-7-13(8-6-11)18-15(20)17-10-12-3-1-2-4-14(12)19/h1-8,19H,10H2,(H2,17,18,20). The topological polar surface area (TPSA) is 85.2 Å². The molecule has 2 aromatic rings. The average Bonchev–Trinajstić information content (AvgIpc) is 2.47. The lowest BCUT2D eigenvalue weighted by atomic mass is 10.2. The first-order valence-electron chi connectivity index (χ1n) is 6.01. The number of carbonyl (C=O) groups is 1. The summed E-state index contributed by atoms with van der Waals surface area (Å²) in [5.41, 5.74) is 1.77. The zero-order chi connectivity index (χ0) is 14.4. The molecule has 3 N–H and O–H groups in total. The van der Waals surface area contributed by atoms with Crippen LogP contribution in [0.3, 0.4) is 0 Å². The third-order valence-electron chi connectivity index (χ3n) is 2.70. The lowest BCUT2D eigenvalue weighted by Crippen LogP contribution is -2.28. The van der Waals surface area contributed by atoms with Crippen LogP contribution < -0.4 is 10.6 Å². The van der Waals surface area contributed by atoms with Crippen LogP contribution >= 0.6 is 0 Å². The van der Waals surface area contributed by atoms with Crippen molar-refractivity contribution < 1.29 is 9.90 Å². The second kappa shape index (κ2) is 6.25. The van der Waals surface area contributed by atoms with Crippen LogP contribution in [-0.2, 0) is 6.54 Å². The van der Waals surface area contributed by atoms with E-state index in [9.17, 15) is 9.90 Å². The fraction of sp³-hybridized carbons (Fsp3) is 0.0667. The molecule has 0 radical (unpaired) electrons. The number of rotatable bonds is 3. The molecule has 0 aliphatic carbocycles. The molecule has 0 atom stereocenters. The summed E-state index contributed by atoms with van der Waals surface area (Å²) in [6.45, 7) is 0.231. The molecule has 0 aliphatic heterocycles. The van der Waals surface area contributed by atoms with Crippen LogP contribution in [0.2, 0.25) is 0 Å². The molecule has 0 spiro atoms. The zero-order valence-corrected chi connectivity index (χ0v) is 10.6. The first-order chi connectivity index (χ1) is 9.69. The van der Waals surface area contributed by atoms with Gasteiger partial charge in [-0.05, 0) is 30.3 Å². The Hall–Kier alpha value is -3.00. The van der Waals surface area contributed by atoms with Crippen LogP contribution in [0.25, 0.3) is 0 Å². The Labute approximate surface area is 116 Å². The molecule has 2 rings (SSSR count). The summed E-state index contributed by atoms with van der Waals surface area (Å²) < 4.78 is 0. The number of carbonyl (C=O) groups excluding carboxylic acids is 1. The van der Waals surface area contributed by atoms with Crippen molar-refractivity contribution in [1.29, 1.82) is 5.26 Å². The minimum atomic E-state index is -0.377. The molecule has 0 saturated heterocycles. The van der Waals surface area contributed by atoms with Gasteiger partial charge in [-0.1, -0.05) is 18.2 Å². The highest BCUT2D eigenvalue weighted by atomic mass is 16.3. The van der Waals surface area contributed by atoms with E-state index in [4.69, 9.17) is 5.26 Å². The maximum absolute atomic E-state index is 11.7. The SMILES string of the molecule is N#Cc1ccc(NC(=O)NCc2ccccc2O)cc1. The molecule has 100 valence electrons. The van der Waals surface area contributed by atoms with Crippen LogP contribution in [0.1, 0.15) is 11.1 Å². The molecular weight excluding hydrogens is 254 g/mol. The highest BCUT2D eigenvalue weighted by Gasteiger charge is 2.04. The lowest BCUT2D eigenvalue weighted by Gasteiger charge is -2.08. The number of phenolic OH excluding ortho intramolecular Hbond substituents is 1. The van der Waals surface area contributed by atoms with E-state index in [-0.39, 0.29) is 18.3 Å². The number of benzene rings is 2. The first-order valence-corrected chi connectivity index (χ1v) is 6.01. The van der Waals surface area contributed by atoms with Crippen LogP contribution in [0.5, 0.6) is 5.75 Å². The Kier molecular flexibility index (Phi) is 4.20. The molecule has 2 amide bonds. The number of hydrogen-bond donors (Lipinski definition) is 3. The van der Waals surface area contributed by atoms with E-state index in [1.807, 2.05) is 6.07 Å². The van der Waals surface area contributed by atoms with Gasteiger partial charge in [0.25, 0.3) is 0 Å². The molecule has 5 nitrogen and oxygen atoms in total.